The fourth-order valence-corrected chi connectivity index (χ4v) is 5.65. The van der Waals surface area contributed by atoms with Crippen LogP contribution >= 0.6 is 0 Å². The van der Waals surface area contributed by atoms with E-state index >= 15 is 0 Å². The Bertz CT molecular complexity index is 1150. The Labute approximate surface area is 178 Å². The summed E-state index contributed by atoms with van der Waals surface area (Å²) in [5.41, 5.74) is 3.68. The molecule has 0 N–H and O–H groups in total. The van der Waals surface area contributed by atoms with Crippen molar-refractivity contribution < 1.29 is 13.2 Å². The first-order chi connectivity index (χ1) is 14.4. The standard InChI is InChI=1S/C25H25NO3S/c1-18-9-15-23(16-10-18)30(27,28)26-19(2)24(20-11-13-22(29-3)14-12-20)17-25(26)21-7-5-4-6-8-21/h4-17,19,24H,1-3H3. The molecule has 0 aliphatic carbocycles. The average molecular weight is 420 g/mol. The van der Waals surface area contributed by atoms with Gasteiger partial charge in [-0.05, 0) is 55.3 Å². The zero-order valence-corrected chi connectivity index (χ0v) is 18.1. The first kappa shape index (κ1) is 20.2. The van der Waals surface area contributed by atoms with E-state index < -0.39 is 10.0 Å². The molecule has 4 nitrogen and oxygen atoms in total. The summed E-state index contributed by atoms with van der Waals surface area (Å²) < 4.78 is 34.2. The number of nitrogens with zero attached hydrogens (tertiary/aromatic N) is 1. The van der Waals surface area contributed by atoms with Crippen LogP contribution in [0.4, 0.5) is 0 Å². The first-order valence-corrected chi connectivity index (χ1v) is 11.4. The van der Waals surface area contributed by atoms with Crippen LogP contribution < -0.4 is 4.74 Å². The lowest BCUT2D eigenvalue weighted by atomic mass is 9.94. The molecule has 0 bridgehead atoms. The fraction of sp³-hybridized carbons (Fsp3) is 0.200. The van der Waals surface area contributed by atoms with Gasteiger partial charge in [-0.2, -0.15) is 0 Å². The van der Waals surface area contributed by atoms with Crippen LogP contribution in [0.25, 0.3) is 5.70 Å². The number of rotatable bonds is 5. The molecule has 0 fully saturated rings. The lowest BCUT2D eigenvalue weighted by Crippen LogP contribution is -2.35. The third-order valence-electron chi connectivity index (χ3n) is 5.61. The maximum Gasteiger partial charge on any atom is 0.264 e. The van der Waals surface area contributed by atoms with Crippen LogP contribution in [0, 0.1) is 6.92 Å². The van der Waals surface area contributed by atoms with Crippen molar-refractivity contribution in [3.8, 4) is 5.75 Å². The molecule has 0 radical (unpaired) electrons. The van der Waals surface area contributed by atoms with Gasteiger partial charge in [0.25, 0.3) is 10.0 Å². The van der Waals surface area contributed by atoms with Gasteiger partial charge in [-0.25, -0.2) is 8.42 Å². The van der Waals surface area contributed by atoms with E-state index in [-0.39, 0.29) is 12.0 Å². The number of benzene rings is 3. The molecule has 2 unspecified atom stereocenters. The molecule has 0 saturated carbocycles. The Morgan fingerprint density at radius 1 is 0.867 bits per heavy atom. The minimum Gasteiger partial charge on any atom is -0.497 e. The van der Waals surface area contributed by atoms with Gasteiger partial charge in [-0.1, -0.05) is 60.2 Å². The SMILES string of the molecule is COc1ccc(C2C=C(c3ccccc3)N(S(=O)(=O)c3ccc(C)cc3)C2C)cc1. The Hall–Kier alpha value is -3.05. The molecule has 1 heterocycles. The molecule has 0 amide bonds. The van der Waals surface area contributed by atoms with Gasteiger partial charge >= 0.3 is 0 Å². The van der Waals surface area contributed by atoms with E-state index in [0.29, 0.717) is 10.6 Å². The summed E-state index contributed by atoms with van der Waals surface area (Å²) >= 11 is 0. The van der Waals surface area contributed by atoms with Crippen molar-refractivity contribution in [3.63, 3.8) is 0 Å². The predicted octanol–water partition coefficient (Wildman–Crippen LogP) is 5.22. The van der Waals surface area contributed by atoms with Crippen LogP contribution in [-0.2, 0) is 10.0 Å². The minimum absolute atomic E-state index is 0.0636. The summed E-state index contributed by atoms with van der Waals surface area (Å²) in [6.07, 6.45) is 2.06. The molecule has 30 heavy (non-hydrogen) atoms. The van der Waals surface area contributed by atoms with E-state index in [4.69, 9.17) is 4.74 Å². The molecule has 5 heteroatoms. The zero-order valence-electron chi connectivity index (χ0n) is 17.3. The van der Waals surface area contributed by atoms with Crippen molar-refractivity contribution in [3.05, 3.63) is 102 Å². The molecule has 2 atom stereocenters. The van der Waals surface area contributed by atoms with Gasteiger partial charge in [-0.3, -0.25) is 4.31 Å². The molecular weight excluding hydrogens is 394 g/mol. The molecular formula is C25H25NO3S. The largest absolute Gasteiger partial charge is 0.497 e. The number of hydrogen-bond donors (Lipinski definition) is 0. The van der Waals surface area contributed by atoms with Crippen molar-refractivity contribution in [2.45, 2.75) is 30.7 Å². The van der Waals surface area contributed by atoms with E-state index in [0.717, 1.165) is 22.4 Å². The Morgan fingerprint density at radius 3 is 2.10 bits per heavy atom. The highest BCUT2D eigenvalue weighted by atomic mass is 32.2. The normalized spacial score (nSPS) is 18.9. The lowest BCUT2D eigenvalue weighted by molar-refractivity contribution is 0.413. The molecule has 4 rings (SSSR count). The predicted molar refractivity (Wildman–Crippen MR) is 120 cm³/mol. The molecule has 3 aromatic rings. The second-order valence-electron chi connectivity index (χ2n) is 7.57. The van der Waals surface area contributed by atoms with E-state index in [1.807, 2.05) is 80.6 Å². The third-order valence-corrected chi connectivity index (χ3v) is 7.53. The number of aryl methyl sites for hydroxylation is 1. The van der Waals surface area contributed by atoms with E-state index in [2.05, 4.69) is 6.08 Å². The smallest absolute Gasteiger partial charge is 0.264 e. The highest BCUT2D eigenvalue weighted by Crippen LogP contribution is 2.43. The van der Waals surface area contributed by atoms with Crippen LogP contribution in [0.15, 0.2) is 89.8 Å². The summed E-state index contributed by atoms with van der Waals surface area (Å²) in [5, 5.41) is 0. The zero-order chi connectivity index (χ0) is 21.3. The van der Waals surface area contributed by atoms with Crippen LogP contribution in [0.3, 0.4) is 0 Å². The Balaban J connectivity index is 1.81. The van der Waals surface area contributed by atoms with Crippen molar-refractivity contribution in [1.82, 2.24) is 4.31 Å². The molecule has 1 aliphatic heterocycles. The second kappa shape index (κ2) is 8.00. The molecule has 1 aliphatic rings. The topological polar surface area (TPSA) is 46.6 Å². The highest BCUT2D eigenvalue weighted by molar-refractivity contribution is 7.89. The molecule has 154 valence electrons. The monoisotopic (exact) mass is 419 g/mol. The summed E-state index contributed by atoms with van der Waals surface area (Å²) in [4.78, 5) is 0.303. The van der Waals surface area contributed by atoms with Crippen molar-refractivity contribution >= 4 is 15.7 Å². The van der Waals surface area contributed by atoms with Gasteiger partial charge in [0.15, 0.2) is 0 Å². The summed E-state index contributed by atoms with van der Waals surface area (Å²) in [5.74, 6) is 0.715. The first-order valence-electron chi connectivity index (χ1n) is 9.94. The Kier molecular flexibility index (Phi) is 5.39. The van der Waals surface area contributed by atoms with E-state index in [1.165, 1.54) is 0 Å². The van der Waals surface area contributed by atoms with Gasteiger partial charge in [0.1, 0.15) is 5.75 Å². The van der Waals surface area contributed by atoms with Crippen LogP contribution in [0.1, 0.15) is 29.5 Å². The van der Waals surface area contributed by atoms with Gasteiger partial charge in [-0.15, -0.1) is 0 Å². The van der Waals surface area contributed by atoms with Crippen LogP contribution in [0.2, 0.25) is 0 Å². The van der Waals surface area contributed by atoms with Crippen molar-refractivity contribution in [2.24, 2.45) is 0 Å². The second-order valence-corrected chi connectivity index (χ2v) is 9.39. The maximum atomic E-state index is 13.7. The summed E-state index contributed by atoms with van der Waals surface area (Å²) in [7, 11) is -2.08. The quantitative estimate of drug-likeness (QED) is 0.569. The van der Waals surface area contributed by atoms with Gasteiger partial charge in [0.2, 0.25) is 0 Å². The molecule has 0 aromatic heterocycles. The number of sulfonamides is 1. The van der Waals surface area contributed by atoms with Crippen LogP contribution in [-0.4, -0.2) is 25.9 Å². The lowest BCUT2D eigenvalue weighted by Gasteiger charge is -2.29. The Morgan fingerprint density at radius 2 is 1.50 bits per heavy atom. The average Bonchev–Trinajstić information content (AvgIpc) is 3.12. The van der Waals surface area contributed by atoms with Crippen molar-refractivity contribution in [2.75, 3.05) is 7.11 Å². The molecule has 0 saturated heterocycles. The maximum absolute atomic E-state index is 13.7. The van der Waals surface area contributed by atoms with Gasteiger partial charge in [0, 0.05) is 5.92 Å². The van der Waals surface area contributed by atoms with Crippen LogP contribution in [0.5, 0.6) is 5.75 Å². The summed E-state index contributed by atoms with van der Waals surface area (Å²) in [6, 6.07) is 24.3. The summed E-state index contributed by atoms with van der Waals surface area (Å²) in [6.45, 7) is 3.91. The molecule has 3 aromatic carbocycles. The number of ether oxygens (including phenoxy) is 1. The van der Waals surface area contributed by atoms with Crippen molar-refractivity contribution in [1.29, 1.82) is 0 Å². The van der Waals surface area contributed by atoms with Gasteiger partial charge < -0.3 is 4.74 Å². The fourth-order valence-electron chi connectivity index (χ4n) is 3.95. The number of methoxy groups -OCH3 is 1. The van der Waals surface area contributed by atoms with E-state index in [9.17, 15) is 8.42 Å². The molecule has 0 spiro atoms. The van der Waals surface area contributed by atoms with E-state index in [1.54, 1.807) is 23.5 Å². The third kappa shape index (κ3) is 3.61. The number of hydrogen-bond acceptors (Lipinski definition) is 3. The van der Waals surface area contributed by atoms with Gasteiger partial charge in [0.05, 0.1) is 23.7 Å². The minimum atomic E-state index is -3.72. The highest BCUT2D eigenvalue weighted by Gasteiger charge is 2.40.